The first-order valence-electron chi connectivity index (χ1n) is 5.40. The fourth-order valence-corrected chi connectivity index (χ4v) is 2.63. The maximum absolute atomic E-state index is 12.2. The Morgan fingerprint density at radius 3 is 2.33 bits per heavy atom. The van der Waals surface area contributed by atoms with Gasteiger partial charge in [-0.05, 0) is 13.8 Å². The Morgan fingerprint density at radius 1 is 1.50 bits per heavy atom. The lowest BCUT2D eigenvalue weighted by Crippen LogP contribution is -2.22. The molecule has 0 aliphatic carbocycles. The van der Waals surface area contributed by atoms with Crippen LogP contribution in [0.5, 0.6) is 0 Å². The Kier molecular flexibility index (Phi) is 7.59. The number of rotatable bonds is 9. The molecular weight excluding hydrogens is 259 g/mol. The van der Waals surface area contributed by atoms with Crippen LogP contribution in [0.4, 0.5) is 0 Å². The van der Waals surface area contributed by atoms with E-state index in [1.165, 1.54) is 0 Å². The van der Waals surface area contributed by atoms with Crippen LogP contribution >= 0.6 is 7.60 Å². The SMILES string of the molecule is C=C[C@H](O)CC(=O)C(=[N+]=[N-])P(=O)(OCC)OCC. The van der Waals surface area contributed by atoms with Crippen molar-refractivity contribution in [3.05, 3.63) is 18.2 Å². The highest BCUT2D eigenvalue weighted by atomic mass is 31.2. The number of hydrogen-bond donors (Lipinski definition) is 1. The number of nitrogens with zero attached hydrogens (tertiary/aromatic N) is 2. The second kappa shape index (κ2) is 8.08. The van der Waals surface area contributed by atoms with Crippen LogP contribution < -0.4 is 0 Å². The number of carbonyl (C=O) groups is 1. The molecule has 0 rings (SSSR count). The first-order chi connectivity index (χ1) is 8.45. The third-order valence-corrected chi connectivity index (χ3v) is 3.92. The third kappa shape index (κ3) is 4.64. The van der Waals surface area contributed by atoms with Crippen molar-refractivity contribution in [2.24, 2.45) is 0 Å². The summed E-state index contributed by atoms with van der Waals surface area (Å²) in [4.78, 5) is 14.4. The molecule has 0 amide bonds. The van der Waals surface area contributed by atoms with E-state index in [4.69, 9.17) is 14.6 Å². The number of Topliss-reactive ketones (excluding diaryl/α,β-unsaturated/α-hetero) is 1. The van der Waals surface area contributed by atoms with Gasteiger partial charge in [0.25, 0.3) is 5.78 Å². The van der Waals surface area contributed by atoms with Gasteiger partial charge in [-0.15, -0.1) is 6.58 Å². The largest absolute Gasteiger partial charge is 0.446 e. The van der Waals surface area contributed by atoms with Crippen LogP contribution in [0.2, 0.25) is 0 Å². The molecule has 0 radical (unpaired) electrons. The molecule has 0 aromatic rings. The van der Waals surface area contributed by atoms with Gasteiger partial charge in [-0.3, -0.25) is 4.79 Å². The second-order valence-electron chi connectivity index (χ2n) is 3.19. The van der Waals surface area contributed by atoms with E-state index in [1.54, 1.807) is 13.8 Å². The molecule has 8 heteroatoms. The number of aliphatic hydroxyl groups excluding tert-OH is 1. The maximum atomic E-state index is 12.2. The highest BCUT2D eigenvalue weighted by molar-refractivity contribution is 7.74. The van der Waals surface area contributed by atoms with E-state index >= 15 is 0 Å². The zero-order chi connectivity index (χ0) is 14.2. The Hall–Kier alpha value is -1.10. The average molecular weight is 276 g/mol. The third-order valence-electron chi connectivity index (χ3n) is 1.87. The fraction of sp³-hybridized carbons (Fsp3) is 0.600. The van der Waals surface area contributed by atoms with Crippen LogP contribution in [0.25, 0.3) is 5.53 Å². The van der Waals surface area contributed by atoms with Crippen molar-refractivity contribution in [3.8, 4) is 0 Å². The summed E-state index contributed by atoms with van der Waals surface area (Å²) in [6, 6.07) is 0. The van der Waals surface area contributed by atoms with Gasteiger partial charge in [0.05, 0.1) is 19.3 Å². The molecule has 0 aromatic heterocycles. The van der Waals surface area contributed by atoms with E-state index in [0.29, 0.717) is 0 Å². The molecule has 0 saturated carbocycles. The van der Waals surface area contributed by atoms with Gasteiger partial charge in [0.15, 0.2) is 0 Å². The van der Waals surface area contributed by atoms with Gasteiger partial charge in [0.1, 0.15) is 0 Å². The summed E-state index contributed by atoms with van der Waals surface area (Å²) in [5.41, 5.74) is 8.08. The minimum absolute atomic E-state index is 0.0214. The molecule has 18 heavy (non-hydrogen) atoms. The molecule has 0 spiro atoms. The van der Waals surface area contributed by atoms with Crippen molar-refractivity contribution in [1.29, 1.82) is 0 Å². The molecule has 7 nitrogen and oxygen atoms in total. The van der Waals surface area contributed by atoms with Crippen LogP contribution in [0.1, 0.15) is 20.3 Å². The van der Waals surface area contributed by atoms with Gasteiger partial charge in [-0.2, -0.15) is 4.79 Å². The van der Waals surface area contributed by atoms with Gasteiger partial charge in [-0.25, -0.2) is 4.57 Å². The minimum Gasteiger partial charge on any atom is -0.389 e. The summed E-state index contributed by atoms with van der Waals surface area (Å²) >= 11 is 0. The van der Waals surface area contributed by atoms with Crippen molar-refractivity contribution in [3.63, 3.8) is 0 Å². The lowest BCUT2D eigenvalue weighted by molar-refractivity contribution is -0.118. The van der Waals surface area contributed by atoms with E-state index in [2.05, 4.69) is 11.4 Å². The van der Waals surface area contributed by atoms with Crippen LogP contribution in [0, 0.1) is 0 Å². The first kappa shape index (κ1) is 16.9. The van der Waals surface area contributed by atoms with Crippen molar-refractivity contribution in [2.75, 3.05) is 13.2 Å². The Morgan fingerprint density at radius 2 is 2.00 bits per heavy atom. The van der Waals surface area contributed by atoms with Gasteiger partial charge in [0, 0.05) is 6.42 Å². The van der Waals surface area contributed by atoms with Gasteiger partial charge >= 0.3 is 13.0 Å². The van der Waals surface area contributed by atoms with Crippen LogP contribution in [-0.2, 0) is 18.4 Å². The molecule has 0 fully saturated rings. The summed E-state index contributed by atoms with van der Waals surface area (Å²) < 4.78 is 21.9. The topological polar surface area (TPSA) is 109 Å². The summed E-state index contributed by atoms with van der Waals surface area (Å²) in [6.45, 7) is 6.46. The molecule has 0 saturated heterocycles. The van der Waals surface area contributed by atoms with Crippen LogP contribution in [0.3, 0.4) is 0 Å². The Labute approximate surface area is 106 Å². The van der Waals surface area contributed by atoms with Gasteiger partial charge in [0.2, 0.25) is 0 Å². The van der Waals surface area contributed by atoms with Gasteiger partial charge < -0.3 is 19.7 Å². The molecular formula is C10H17N2O5P. The van der Waals surface area contributed by atoms with E-state index in [1.807, 2.05) is 0 Å². The molecule has 0 aliphatic heterocycles. The molecule has 0 bridgehead atoms. The molecule has 1 atom stereocenters. The normalized spacial score (nSPS) is 12.6. The lowest BCUT2D eigenvalue weighted by Gasteiger charge is -2.12. The number of ketones is 1. The Bertz CT molecular complexity index is 393. The van der Waals surface area contributed by atoms with E-state index < -0.39 is 31.4 Å². The predicted molar refractivity (Wildman–Crippen MR) is 65.3 cm³/mol. The van der Waals surface area contributed by atoms with Crippen LogP contribution in [-0.4, -0.2) is 40.5 Å². The Balaban J connectivity index is 5.16. The average Bonchev–Trinajstić information content (AvgIpc) is 2.30. The molecule has 0 unspecified atom stereocenters. The zero-order valence-electron chi connectivity index (χ0n) is 10.4. The quantitative estimate of drug-likeness (QED) is 0.225. The van der Waals surface area contributed by atoms with E-state index in [0.717, 1.165) is 6.08 Å². The lowest BCUT2D eigenvalue weighted by atomic mass is 10.2. The van der Waals surface area contributed by atoms with Crippen LogP contribution in [0.15, 0.2) is 12.7 Å². The summed E-state index contributed by atoms with van der Waals surface area (Å²) in [5, 5.41) is 9.25. The minimum atomic E-state index is -3.95. The van der Waals surface area contributed by atoms with Crippen molar-refractivity contribution in [2.45, 2.75) is 26.4 Å². The number of hydrogen-bond acceptors (Lipinski definition) is 5. The highest BCUT2D eigenvalue weighted by Gasteiger charge is 2.45. The van der Waals surface area contributed by atoms with Gasteiger partial charge in [-0.1, -0.05) is 6.08 Å². The summed E-state index contributed by atoms with van der Waals surface area (Å²) in [6.07, 6.45) is -0.391. The van der Waals surface area contributed by atoms with Crippen molar-refractivity contribution in [1.82, 2.24) is 0 Å². The molecule has 0 aliphatic rings. The standard InChI is InChI=1S/C10H17N2O5P/c1-4-8(13)7-9(14)10(12-11)18(15,16-5-2)17-6-3/h4,8,13H,1,5-7H2,2-3H3/t8-/m0/s1. The fourth-order valence-electron chi connectivity index (χ4n) is 1.13. The zero-order valence-corrected chi connectivity index (χ0v) is 11.3. The number of aliphatic hydroxyl groups is 1. The van der Waals surface area contributed by atoms with Crippen molar-refractivity contribution < 1.29 is 28.3 Å². The monoisotopic (exact) mass is 276 g/mol. The molecule has 0 aromatic carbocycles. The first-order valence-corrected chi connectivity index (χ1v) is 6.94. The summed E-state index contributed by atoms with van der Waals surface area (Å²) in [7, 11) is -3.95. The smallest absolute Gasteiger partial charge is 0.389 e. The van der Waals surface area contributed by atoms with E-state index in [-0.39, 0.29) is 13.2 Å². The van der Waals surface area contributed by atoms with E-state index in [9.17, 15) is 14.5 Å². The predicted octanol–water partition coefficient (Wildman–Crippen LogP) is 1.39. The highest BCUT2D eigenvalue weighted by Crippen LogP contribution is 2.49. The molecule has 0 heterocycles. The second-order valence-corrected chi connectivity index (χ2v) is 5.12. The summed E-state index contributed by atoms with van der Waals surface area (Å²) in [5.74, 6) is -0.824. The number of carbonyl (C=O) groups excluding carboxylic acids is 1. The maximum Gasteiger partial charge on any atom is 0.446 e. The molecule has 1 N–H and O–H groups in total. The van der Waals surface area contributed by atoms with Crippen molar-refractivity contribution >= 4 is 18.8 Å². The molecule has 102 valence electrons.